The third kappa shape index (κ3) is 4.24. The van der Waals surface area contributed by atoms with Gasteiger partial charge in [-0.25, -0.2) is 23.1 Å². The first-order chi connectivity index (χ1) is 9.46. The number of amides is 1. The van der Waals surface area contributed by atoms with Gasteiger partial charge in [-0.15, -0.1) is 0 Å². The first kappa shape index (κ1) is 14.9. The van der Waals surface area contributed by atoms with Gasteiger partial charge in [-0.05, 0) is 18.9 Å². The lowest BCUT2D eigenvalue weighted by Crippen LogP contribution is -2.44. The maximum Gasteiger partial charge on any atom is 0.237 e. The number of nitrogens with zero attached hydrogens (tertiary/aromatic N) is 3. The number of sulfonamides is 1. The molecule has 1 atom stereocenters. The minimum absolute atomic E-state index is 0.185. The van der Waals surface area contributed by atoms with Crippen LogP contribution in [0.25, 0.3) is 0 Å². The lowest BCUT2D eigenvalue weighted by molar-refractivity contribution is -0.131. The summed E-state index contributed by atoms with van der Waals surface area (Å²) in [5.41, 5.74) is 0.925. The van der Waals surface area contributed by atoms with Crippen LogP contribution in [0.3, 0.4) is 0 Å². The second-order valence-electron chi connectivity index (χ2n) is 4.91. The van der Waals surface area contributed by atoms with Crippen molar-refractivity contribution in [2.24, 2.45) is 0 Å². The molecule has 7 nitrogen and oxygen atoms in total. The maximum atomic E-state index is 12.0. The number of aromatic nitrogens is 2. The molecular weight excluding hydrogens is 280 g/mol. The summed E-state index contributed by atoms with van der Waals surface area (Å²) in [6, 6.07) is 1.85. The van der Waals surface area contributed by atoms with Crippen molar-refractivity contribution >= 4 is 15.9 Å². The second-order valence-corrected chi connectivity index (χ2v) is 6.74. The van der Waals surface area contributed by atoms with Gasteiger partial charge in [-0.3, -0.25) is 4.79 Å². The van der Waals surface area contributed by atoms with Gasteiger partial charge < -0.3 is 4.90 Å². The minimum atomic E-state index is -3.34. The summed E-state index contributed by atoms with van der Waals surface area (Å²) in [5.74, 6) is -0.0110. The zero-order chi connectivity index (χ0) is 14.6. The molecule has 1 aliphatic rings. The van der Waals surface area contributed by atoms with E-state index < -0.39 is 10.0 Å². The fourth-order valence-electron chi connectivity index (χ4n) is 2.29. The Bertz CT molecular complexity index is 561. The Kier molecular flexibility index (Phi) is 4.66. The van der Waals surface area contributed by atoms with E-state index in [4.69, 9.17) is 0 Å². The van der Waals surface area contributed by atoms with Crippen LogP contribution in [0.4, 0.5) is 0 Å². The third-order valence-electron chi connectivity index (χ3n) is 3.28. The number of nitrogens with one attached hydrogen (secondary N) is 1. The highest BCUT2D eigenvalue weighted by atomic mass is 32.2. The lowest BCUT2D eigenvalue weighted by Gasteiger charge is -2.32. The largest absolute Gasteiger partial charge is 0.341 e. The van der Waals surface area contributed by atoms with E-state index in [9.17, 15) is 13.2 Å². The van der Waals surface area contributed by atoms with Crippen LogP contribution in [0, 0.1) is 0 Å². The van der Waals surface area contributed by atoms with Gasteiger partial charge in [-0.2, -0.15) is 0 Å². The first-order valence-electron chi connectivity index (χ1n) is 6.44. The fourth-order valence-corrected chi connectivity index (χ4v) is 2.68. The van der Waals surface area contributed by atoms with Crippen LogP contribution >= 0.6 is 0 Å². The zero-order valence-corrected chi connectivity index (χ0v) is 12.1. The summed E-state index contributed by atoms with van der Waals surface area (Å²) in [7, 11) is -3.34. The molecule has 0 radical (unpaired) electrons. The quantitative estimate of drug-likeness (QED) is 0.826. The predicted molar refractivity (Wildman–Crippen MR) is 73.4 cm³/mol. The van der Waals surface area contributed by atoms with E-state index in [2.05, 4.69) is 14.7 Å². The molecule has 1 saturated heterocycles. The molecule has 0 bridgehead atoms. The van der Waals surface area contributed by atoms with Gasteiger partial charge in [0.05, 0.1) is 12.8 Å². The van der Waals surface area contributed by atoms with Gasteiger partial charge in [0.15, 0.2) is 0 Å². The Labute approximate surface area is 118 Å². The molecule has 20 heavy (non-hydrogen) atoms. The monoisotopic (exact) mass is 298 g/mol. The number of rotatable bonds is 4. The number of hydrogen-bond donors (Lipinski definition) is 1. The fraction of sp³-hybridized carbons (Fsp3) is 0.583. The van der Waals surface area contributed by atoms with E-state index in [1.807, 2.05) is 6.07 Å². The number of piperidine rings is 1. The molecule has 1 N–H and O–H groups in total. The smallest absolute Gasteiger partial charge is 0.237 e. The van der Waals surface area contributed by atoms with Gasteiger partial charge in [0, 0.05) is 30.9 Å². The van der Waals surface area contributed by atoms with Crippen LogP contribution in [0.1, 0.15) is 24.5 Å². The van der Waals surface area contributed by atoms with Gasteiger partial charge in [0.1, 0.15) is 6.33 Å². The molecule has 1 amide bonds. The Morgan fingerprint density at radius 2 is 2.35 bits per heavy atom. The average Bonchev–Trinajstić information content (AvgIpc) is 2.45. The Balaban J connectivity index is 1.95. The van der Waals surface area contributed by atoms with Crippen LogP contribution in [0.2, 0.25) is 0 Å². The van der Waals surface area contributed by atoms with Crippen molar-refractivity contribution in [1.29, 1.82) is 0 Å². The van der Waals surface area contributed by atoms with Crippen LogP contribution in [-0.2, 0) is 14.8 Å². The molecule has 0 spiro atoms. The average molecular weight is 298 g/mol. The normalized spacial score (nSPS) is 19.9. The molecule has 110 valence electrons. The van der Waals surface area contributed by atoms with E-state index >= 15 is 0 Å². The van der Waals surface area contributed by atoms with Crippen molar-refractivity contribution < 1.29 is 13.2 Å². The highest BCUT2D eigenvalue weighted by molar-refractivity contribution is 7.88. The van der Waals surface area contributed by atoms with Crippen LogP contribution in [0.5, 0.6) is 0 Å². The summed E-state index contributed by atoms with van der Waals surface area (Å²) in [6.07, 6.45) is 6.09. The van der Waals surface area contributed by atoms with Crippen LogP contribution < -0.4 is 4.72 Å². The lowest BCUT2D eigenvalue weighted by atomic mass is 9.94. The Hall–Kier alpha value is -1.54. The van der Waals surface area contributed by atoms with Crippen molar-refractivity contribution in [3.05, 3.63) is 24.3 Å². The van der Waals surface area contributed by atoms with Crippen molar-refractivity contribution in [3.63, 3.8) is 0 Å². The highest BCUT2D eigenvalue weighted by Gasteiger charge is 2.25. The van der Waals surface area contributed by atoms with Crippen molar-refractivity contribution in [2.75, 3.05) is 25.9 Å². The molecule has 1 aromatic rings. The van der Waals surface area contributed by atoms with Gasteiger partial charge >= 0.3 is 0 Å². The number of likely N-dealkylation sites (tertiary alicyclic amines) is 1. The summed E-state index contributed by atoms with van der Waals surface area (Å²) < 4.78 is 24.2. The number of carbonyl (C=O) groups excluding carboxylic acids is 1. The van der Waals surface area contributed by atoms with E-state index in [-0.39, 0.29) is 18.4 Å². The van der Waals surface area contributed by atoms with Crippen molar-refractivity contribution in [2.45, 2.75) is 18.8 Å². The minimum Gasteiger partial charge on any atom is -0.341 e. The molecule has 8 heteroatoms. The molecule has 0 saturated carbocycles. The van der Waals surface area contributed by atoms with E-state index in [0.717, 1.165) is 24.8 Å². The summed E-state index contributed by atoms with van der Waals surface area (Å²) in [4.78, 5) is 21.8. The number of hydrogen-bond acceptors (Lipinski definition) is 5. The third-order valence-corrected chi connectivity index (χ3v) is 3.95. The maximum absolute atomic E-state index is 12.0. The highest BCUT2D eigenvalue weighted by Crippen LogP contribution is 2.24. The standard InChI is InChI=1S/C12H18N4O3S/c1-20(18,19)15-7-12(17)16-6-2-3-10(8-16)11-4-5-13-9-14-11/h4-5,9-10,15H,2-3,6-8H2,1H3/t10-/m0/s1. The molecule has 2 rings (SSSR count). The Morgan fingerprint density at radius 1 is 1.55 bits per heavy atom. The molecule has 1 aliphatic heterocycles. The molecule has 1 aromatic heterocycles. The Morgan fingerprint density at radius 3 is 3.00 bits per heavy atom. The van der Waals surface area contributed by atoms with Gasteiger partial charge in [0.25, 0.3) is 0 Å². The number of carbonyl (C=O) groups is 1. The summed E-state index contributed by atoms with van der Waals surface area (Å²) >= 11 is 0. The topological polar surface area (TPSA) is 92.3 Å². The van der Waals surface area contributed by atoms with Crippen molar-refractivity contribution in [3.8, 4) is 0 Å². The van der Waals surface area contributed by atoms with Crippen LogP contribution in [0.15, 0.2) is 18.6 Å². The van der Waals surface area contributed by atoms with Gasteiger partial charge in [-0.1, -0.05) is 0 Å². The molecule has 1 fully saturated rings. The van der Waals surface area contributed by atoms with E-state index in [1.54, 1.807) is 11.1 Å². The second kappa shape index (κ2) is 6.27. The van der Waals surface area contributed by atoms with E-state index in [1.165, 1.54) is 6.33 Å². The SMILES string of the molecule is CS(=O)(=O)NCC(=O)N1CCC[C@H](c2ccncn2)C1. The predicted octanol–water partition coefficient (Wildman–Crippen LogP) is -0.268. The van der Waals surface area contributed by atoms with Gasteiger partial charge in [0.2, 0.25) is 15.9 Å². The van der Waals surface area contributed by atoms with Crippen molar-refractivity contribution in [1.82, 2.24) is 19.6 Å². The molecular formula is C12H18N4O3S. The molecule has 0 unspecified atom stereocenters. The zero-order valence-electron chi connectivity index (χ0n) is 11.3. The summed E-state index contributed by atoms with van der Waals surface area (Å²) in [6.45, 7) is 1.04. The molecule has 2 heterocycles. The summed E-state index contributed by atoms with van der Waals surface area (Å²) in [5, 5.41) is 0. The molecule has 0 aliphatic carbocycles. The van der Waals surface area contributed by atoms with Crippen LogP contribution in [-0.4, -0.2) is 55.1 Å². The first-order valence-corrected chi connectivity index (χ1v) is 8.33. The molecule has 0 aromatic carbocycles. The van der Waals surface area contributed by atoms with E-state index in [0.29, 0.717) is 13.1 Å².